The van der Waals surface area contributed by atoms with Crippen LogP contribution in [0.5, 0.6) is 0 Å². The van der Waals surface area contributed by atoms with E-state index in [-0.39, 0.29) is 5.60 Å². The lowest BCUT2D eigenvalue weighted by Crippen LogP contribution is -2.22. The Bertz CT molecular complexity index is 286. The predicted molar refractivity (Wildman–Crippen MR) is 52.2 cm³/mol. The number of anilines is 1. The van der Waals surface area contributed by atoms with Crippen molar-refractivity contribution in [1.29, 1.82) is 0 Å². The van der Waals surface area contributed by atoms with E-state index in [0.29, 0.717) is 12.4 Å². The molecule has 1 aromatic heterocycles. The van der Waals surface area contributed by atoms with Gasteiger partial charge in [-0.2, -0.15) is 5.10 Å². The van der Waals surface area contributed by atoms with Crippen molar-refractivity contribution >= 4 is 5.69 Å². The Morgan fingerprint density at radius 1 is 1.54 bits per heavy atom. The van der Waals surface area contributed by atoms with E-state index in [1.807, 2.05) is 27.7 Å². The Kier molecular flexibility index (Phi) is 2.61. The highest BCUT2D eigenvalue weighted by atomic mass is 16.5. The maximum absolute atomic E-state index is 5.64. The number of aromatic nitrogens is 2. The van der Waals surface area contributed by atoms with E-state index < -0.39 is 0 Å². The third kappa shape index (κ3) is 2.73. The summed E-state index contributed by atoms with van der Waals surface area (Å²) in [6.07, 6.45) is 1.64. The number of hydrogen-bond donors (Lipinski definition) is 1. The Balaban J connectivity index is 2.60. The minimum atomic E-state index is -0.146. The zero-order chi connectivity index (χ0) is 10.1. The average molecular weight is 183 g/mol. The number of rotatable bonds is 2. The lowest BCUT2D eigenvalue weighted by Gasteiger charge is -2.19. The minimum Gasteiger partial charge on any atom is -0.396 e. The number of ether oxygens (including phenoxy) is 1. The molecule has 0 radical (unpaired) electrons. The van der Waals surface area contributed by atoms with Gasteiger partial charge in [-0.1, -0.05) is 0 Å². The van der Waals surface area contributed by atoms with E-state index in [1.54, 1.807) is 10.9 Å². The maximum atomic E-state index is 5.64. The van der Waals surface area contributed by atoms with Gasteiger partial charge in [0.1, 0.15) is 6.73 Å². The molecule has 0 fully saturated rings. The molecule has 0 aromatic carbocycles. The van der Waals surface area contributed by atoms with Crippen LogP contribution < -0.4 is 5.73 Å². The van der Waals surface area contributed by atoms with Crippen LogP contribution in [-0.2, 0) is 11.5 Å². The molecule has 4 heteroatoms. The monoisotopic (exact) mass is 183 g/mol. The summed E-state index contributed by atoms with van der Waals surface area (Å²) in [5.41, 5.74) is 7.15. The highest BCUT2D eigenvalue weighted by Crippen LogP contribution is 2.12. The van der Waals surface area contributed by atoms with Gasteiger partial charge in [-0.3, -0.25) is 0 Å². The van der Waals surface area contributed by atoms with Crippen molar-refractivity contribution in [3.05, 3.63) is 11.9 Å². The van der Waals surface area contributed by atoms with E-state index >= 15 is 0 Å². The highest BCUT2D eigenvalue weighted by molar-refractivity contribution is 5.39. The van der Waals surface area contributed by atoms with E-state index in [4.69, 9.17) is 10.5 Å². The van der Waals surface area contributed by atoms with Crippen molar-refractivity contribution in [3.8, 4) is 0 Å². The second-order valence-corrected chi connectivity index (χ2v) is 4.07. The topological polar surface area (TPSA) is 53.1 Å². The molecular weight excluding hydrogens is 166 g/mol. The fourth-order valence-electron chi connectivity index (χ4n) is 0.846. The van der Waals surface area contributed by atoms with Gasteiger partial charge in [-0.15, -0.1) is 0 Å². The van der Waals surface area contributed by atoms with Gasteiger partial charge in [0.25, 0.3) is 0 Å². The lowest BCUT2D eigenvalue weighted by atomic mass is 10.2. The summed E-state index contributed by atoms with van der Waals surface area (Å²) in [6.45, 7) is 8.40. The lowest BCUT2D eigenvalue weighted by molar-refractivity contribution is -0.0486. The summed E-state index contributed by atoms with van der Waals surface area (Å²) in [7, 11) is 0. The van der Waals surface area contributed by atoms with Gasteiger partial charge in [-0.25, -0.2) is 4.68 Å². The SMILES string of the molecule is Cc1c(N)cnn1COC(C)(C)C. The summed E-state index contributed by atoms with van der Waals surface area (Å²) in [5, 5.41) is 4.09. The first-order valence-corrected chi connectivity index (χ1v) is 4.32. The molecule has 13 heavy (non-hydrogen) atoms. The van der Waals surface area contributed by atoms with Gasteiger partial charge in [0.15, 0.2) is 0 Å². The molecule has 0 saturated heterocycles. The van der Waals surface area contributed by atoms with Gasteiger partial charge >= 0.3 is 0 Å². The van der Waals surface area contributed by atoms with E-state index in [2.05, 4.69) is 5.10 Å². The molecule has 0 atom stereocenters. The van der Waals surface area contributed by atoms with Crippen molar-refractivity contribution in [2.45, 2.75) is 40.0 Å². The summed E-state index contributed by atoms with van der Waals surface area (Å²) in [5.74, 6) is 0. The first-order valence-electron chi connectivity index (χ1n) is 4.32. The molecule has 0 saturated carbocycles. The second-order valence-electron chi connectivity index (χ2n) is 4.07. The van der Waals surface area contributed by atoms with Crippen LogP contribution in [0, 0.1) is 6.92 Å². The zero-order valence-corrected chi connectivity index (χ0v) is 8.66. The number of nitrogens with zero attached hydrogens (tertiary/aromatic N) is 2. The molecule has 1 rings (SSSR count). The minimum absolute atomic E-state index is 0.146. The largest absolute Gasteiger partial charge is 0.396 e. The molecule has 1 aromatic rings. The van der Waals surface area contributed by atoms with Crippen LogP contribution in [0.15, 0.2) is 6.20 Å². The first kappa shape index (κ1) is 10.1. The third-order valence-corrected chi connectivity index (χ3v) is 1.76. The fraction of sp³-hybridized carbons (Fsp3) is 0.667. The Morgan fingerprint density at radius 2 is 2.15 bits per heavy atom. The second kappa shape index (κ2) is 3.38. The summed E-state index contributed by atoms with van der Waals surface area (Å²) < 4.78 is 7.31. The first-order chi connectivity index (χ1) is 5.90. The highest BCUT2D eigenvalue weighted by Gasteiger charge is 2.11. The number of hydrogen-bond acceptors (Lipinski definition) is 3. The van der Waals surface area contributed by atoms with E-state index in [0.717, 1.165) is 5.69 Å². The van der Waals surface area contributed by atoms with Crippen LogP contribution in [0.3, 0.4) is 0 Å². The van der Waals surface area contributed by atoms with Crippen LogP contribution in [0.1, 0.15) is 26.5 Å². The number of nitrogen functional groups attached to an aromatic ring is 1. The summed E-state index contributed by atoms with van der Waals surface area (Å²) >= 11 is 0. The van der Waals surface area contributed by atoms with Gasteiger partial charge in [0, 0.05) is 0 Å². The number of nitrogens with two attached hydrogens (primary N) is 1. The molecular formula is C9H17N3O. The normalized spacial score (nSPS) is 12.0. The van der Waals surface area contributed by atoms with Crippen molar-refractivity contribution < 1.29 is 4.74 Å². The molecule has 0 bridgehead atoms. The van der Waals surface area contributed by atoms with Gasteiger partial charge < -0.3 is 10.5 Å². The third-order valence-electron chi connectivity index (χ3n) is 1.76. The molecule has 0 aliphatic heterocycles. The predicted octanol–water partition coefficient (Wildman–Crippen LogP) is 1.55. The molecule has 4 nitrogen and oxygen atoms in total. The molecule has 74 valence electrons. The molecule has 0 amide bonds. The van der Waals surface area contributed by atoms with Crippen molar-refractivity contribution in [1.82, 2.24) is 9.78 Å². The van der Waals surface area contributed by atoms with Crippen LogP contribution in [0.25, 0.3) is 0 Å². The van der Waals surface area contributed by atoms with Crippen molar-refractivity contribution in [2.75, 3.05) is 5.73 Å². The Hall–Kier alpha value is -1.03. The molecule has 2 N–H and O–H groups in total. The smallest absolute Gasteiger partial charge is 0.140 e. The Morgan fingerprint density at radius 3 is 2.54 bits per heavy atom. The standard InChI is InChI=1S/C9H17N3O/c1-7-8(10)5-11-12(7)6-13-9(2,3)4/h5H,6,10H2,1-4H3. The van der Waals surface area contributed by atoms with Crippen LogP contribution in [-0.4, -0.2) is 15.4 Å². The molecule has 0 spiro atoms. The average Bonchev–Trinajstić information content (AvgIpc) is 2.29. The van der Waals surface area contributed by atoms with Gasteiger partial charge in [0.2, 0.25) is 0 Å². The van der Waals surface area contributed by atoms with Crippen LogP contribution in [0.2, 0.25) is 0 Å². The summed E-state index contributed by atoms with van der Waals surface area (Å²) in [4.78, 5) is 0. The molecule has 0 aliphatic carbocycles. The van der Waals surface area contributed by atoms with Crippen molar-refractivity contribution in [3.63, 3.8) is 0 Å². The van der Waals surface area contributed by atoms with Gasteiger partial charge in [-0.05, 0) is 27.7 Å². The van der Waals surface area contributed by atoms with Crippen LogP contribution >= 0.6 is 0 Å². The molecule has 0 aliphatic rings. The quantitative estimate of drug-likeness (QED) is 0.756. The van der Waals surface area contributed by atoms with Gasteiger partial charge in [0.05, 0.1) is 23.2 Å². The maximum Gasteiger partial charge on any atom is 0.140 e. The fourth-order valence-corrected chi connectivity index (χ4v) is 0.846. The zero-order valence-electron chi connectivity index (χ0n) is 8.66. The van der Waals surface area contributed by atoms with Crippen LogP contribution in [0.4, 0.5) is 5.69 Å². The van der Waals surface area contributed by atoms with E-state index in [9.17, 15) is 0 Å². The summed E-state index contributed by atoms with van der Waals surface area (Å²) in [6, 6.07) is 0. The Labute approximate surface area is 78.7 Å². The molecule has 0 unspecified atom stereocenters. The van der Waals surface area contributed by atoms with Crippen molar-refractivity contribution in [2.24, 2.45) is 0 Å². The molecule has 1 heterocycles. The van der Waals surface area contributed by atoms with E-state index in [1.165, 1.54) is 0 Å².